The number of aromatic nitrogens is 1. The molecule has 1 aromatic heterocycles. The summed E-state index contributed by atoms with van der Waals surface area (Å²) >= 11 is 0. The zero-order valence-electron chi connectivity index (χ0n) is 9.36. The number of hydrogen-bond donors (Lipinski definition) is 1. The van der Waals surface area contributed by atoms with Gasteiger partial charge >= 0.3 is 0 Å². The molecule has 0 saturated carbocycles. The Hall–Kier alpha value is -2.30. The van der Waals surface area contributed by atoms with Crippen LogP contribution in [0.3, 0.4) is 0 Å². The van der Waals surface area contributed by atoms with E-state index in [0.717, 1.165) is 12.1 Å². The second kappa shape index (κ2) is 5.35. The van der Waals surface area contributed by atoms with E-state index in [9.17, 15) is 13.6 Å². The third-order valence-corrected chi connectivity index (χ3v) is 2.35. The number of carbonyl (C=O) groups is 1. The third-order valence-electron chi connectivity index (χ3n) is 2.35. The van der Waals surface area contributed by atoms with Gasteiger partial charge in [-0.1, -0.05) is 12.1 Å². The molecule has 1 aromatic carbocycles. The van der Waals surface area contributed by atoms with Gasteiger partial charge in [0.2, 0.25) is 0 Å². The second-order valence-electron chi connectivity index (χ2n) is 3.63. The number of rotatable bonds is 3. The maximum absolute atomic E-state index is 13.3. The van der Waals surface area contributed by atoms with Gasteiger partial charge in [0.25, 0.3) is 5.91 Å². The average Bonchev–Trinajstić information content (AvgIpc) is 2.38. The van der Waals surface area contributed by atoms with Gasteiger partial charge in [0.1, 0.15) is 17.3 Å². The molecular formula is C13H10F2N2O. The molecular weight excluding hydrogens is 238 g/mol. The van der Waals surface area contributed by atoms with Gasteiger partial charge in [-0.2, -0.15) is 0 Å². The number of nitrogens with one attached hydrogen (secondary N) is 1. The maximum Gasteiger partial charge on any atom is 0.270 e. The van der Waals surface area contributed by atoms with E-state index in [0.29, 0.717) is 0 Å². The lowest BCUT2D eigenvalue weighted by Crippen LogP contribution is -2.24. The topological polar surface area (TPSA) is 42.0 Å². The van der Waals surface area contributed by atoms with Crippen molar-refractivity contribution >= 4 is 5.91 Å². The van der Waals surface area contributed by atoms with Gasteiger partial charge in [0, 0.05) is 24.4 Å². The summed E-state index contributed by atoms with van der Waals surface area (Å²) in [5.74, 6) is -1.73. The minimum Gasteiger partial charge on any atom is -0.347 e. The van der Waals surface area contributed by atoms with E-state index in [1.165, 1.54) is 12.3 Å². The van der Waals surface area contributed by atoms with Gasteiger partial charge < -0.3 is 5.32 Å². The minimum absolute atomic E-state index is 0.0124. The molecule has 0 spiro atoms. The van der Waals surface area contributed by atoms with Gasteiger partial charge in [0.05, 0.1) is 0 Å². The van der Waals surface area contributed by atoms with Gasteiger partial charge in [-0.3, -0.25) is 9.78 Å². The van der Waals surface area contributed by atoms with Gasteiger partial charge in [-0.25, -0.2) is 8.78 Å². The first-order chi connectivity index (χ1) is 8.66. The van der Waals surface area contributed by atoms with Gasteiger partial charge in [-0.15, -0.1) is 0 Å². The molecule has 0 aliphatic rings. The lowest BCUT2D eigenvalue weighted by atomic mass is 10.2. The summed E-state index contributed by atoms with van der Waals surface area (Å²) in [7, 11) is 0. The van der Waals surface area contributed by atoms with Crippen molar-refractivity contribution in [2.75, 3.05) is 0 Å². The molecule has 0 atom stereocenters. The van der Waals surface area contributed by atoms with Crippen LogP contribution in [-0.2, 0) is 6.54 Å². The quantitative estimate of drug-likeness (QED) is 0.905. The van der Waals surface area contributed by atoms with Crippen LogP contribution in [0.15, 0.2) is 42.6 Å². The fourth-order valence-corrected chi connectivity index (χ4v) is 1.43. The highest BCUT2D eigenvalue weighted by molar-refractivity contribution is 5.92. The minimum atomic E-state index is -0.684. The number of benzene rings is 1. The molecule has 0 saturated heterocycles. The first kappa shape index (κ1) is 12.2. The summed E-state index contributed by atoms with van der Waals surface area (Å²) in [4.78, 5) is 15.5. The molecule has 3 nitrogen and oxygen atoms in total. The van der Waals surface area contributed by atoms with E-state index in [1.807, 2.05) is 0 Å². The molecule has 0 radical (unpaired) electrons. The molecule has 0 unspecified atom stereocenters. The highest BCUT2D eigenvalue weighted by atomic mass is 19.1. The summed E-state index contributed by atoms with van der Waals surface area (Å²) in [5, 5.41) is 2.51. The van der Waals surface area contributed by atoms with E-state index in [2.05, 4.69) is 10.3 Å². The van der Waals surface area contributed by atoms with Crippen molar-refractivity contribution in [3.63, 3.8) is 0 Å². The lowest BCUT2D eigenvalue weighted by molar-refractivity contribution is 0.0945. The largest absolute Gasteiger partial charge is 0.347 e. The van der Waals surface area contributed by atoms with Crippen LogP contribution in [0.4, 0.5) is 8.78 Å². The number of hydrogen-bond acceptors (Lipinski definition) is 2. The smallest absolute Gasteiger partial charge is 0.270 e. The van der Waals surface area contributed by atoms with E-state index >= 15 is 0 Å². The Kier molecular flexibility index (Phi) is 3.62. The van der Waals surface area contributed by atoms with Crippen LogP contribution in [-0.4, -0.2) is 10.9 Å². The summed E-state index contributed by atoms with van der Waals surface area (Å²) in [6.45, 7) is -0.0124. The van der Waals surface area contributed by atoms with Crippen molar-refractivity contribution in [3.05, 3.63) is 65.5 Å². The van der Waals surface area contributed by atoms with E-state index in [-0.39, 0.29) is 17.8 Å². The molecule has 1 amide bonds. The monoisotopic (exact) mass is 248 g/mol. The van der Waals surface area contributed by atoms with Crippen molar-refractivity contribution in [3.8, 4) is 0 Å². The summed E-state index contributed by atoms with van der Waals surface area (Å²) in [5.41, 5.74) is 0.473. The standard InChI is InChI=1S/C13H10F2N2O/c14-10-5-4-9(11(15)7-10)8-17-13(18)12-3-1-2-6-16-12/h1-7H,8H2,(H,17,18). The average molecular weight is 248 g/mol. The Morgan fingerprint density at radius 2 is 2.06 bits per heavy atom. The summed E-state index contributed by atoms with van der Waals surface area (Å²) in [6, 6.07) is 8.14. The lowest BCUT2D eigenvalue weighted by Gasteiger charge is -2.05. The SMILES string of the molecule is O=C(NCc1ccc(F)cc1F)c1ccccn1. The predicted molar refractivity (Wildman–Crippen MR) is 61.8 cm³/mol. The molecule has 0 aliphatic heterocycles. The van der Waals surface area contributed by atoms with E-state index in [1.54, 1.807) is 18.2 Å². The van der Waals surface area contributed by atoms with Crippen LogP contribution in [0.5, 0.6) is 0 Å². The molecule has 0 aliphatic carbocycles. The predicted octanol–water partition coefficient (Wildman–Crippen LogP) is 2.29. The number of amides is 1. The van der Waals surface area contributed by atoms with Gasteiger partial charge in [0.15, 0.2) is 0 Å². The molecule has 0 fully saturated rings. The number of nitrogens with zero attached hydrogens (tertiary/aromatic N) is 1. The fraction of sp³-hybridized carbons (Fsp3) is 0.0769. The van der Waals surface area contributed by atoms with E-state index in [4.69, 9.17) is 0 Å². The summed E-state index contributed by atoms with van der Waals surface area (Å²) in [6.07, 6.45) is 1.49. The highest BCUT2D eigenvalue weighted by Crippen LogP contribution is 2.09. The van der Waals surface area contributed by atoms with Crippen LogP contribution in [0.25, 0.3) is 0 Å². The molecule has 2 aromatic rings. The first-order valence-electron chi connectivity index (χ1n) is 5.30. The molecule has 1 heterocycles. The normalized spacial score (nSPS) is 10.1. The number of carbonyl (C=O) groups excluding carboxylic acids is 1. The Bertz CT molecular complexity index is 558. The van der Waals surface area contributed by atoms with Crippen LogP contribution in [0.1, 0.15) is 16.1 Å². The first-order valence-corrected chi connectivity index (χ1v) is 5.30. The number of pyridine rings is 1. The van der Waals surface area contributed by atoms with Crippen molar-refractivity contribution in [2.24, 2.45) is 0 Å². The Morgan fingerprint density at radius 1 is 1.22 bits per heavy atom. The Morgan fingerprint density at radius 3 is 2.72 bits per heavy atom. The van der Waals surface area contributed by atoms with Crippen LogP contribution in [0.2, 0.25) is 0 Å². The van der Waals surface area contributed by atoms with Crippen molar-refractivity contribution < 1.29 is 13.6 Å². The molecule has 18 heavy (non-hydrogen) atoms. The van der Waals surface area contributed by atoms with Crippen LogP contribution in [0, 0.1) is 11.6 Å². The molecule has 5 heteroatoms. The maximum atomic E-state index is 13.3. The molecule has 2 rings (SSSR count). The Labute approximate surface area is 102 Å². The third kappa shape index (κ3) is 2.88. The van der Waals surface area contributed by atoms with Crippen molar-refractivity contribution in [2.45, 2.75) is 6.54 Å². The zero-order valence-corrected chi connectivity index (χ0v) is 9.36. The zero-order chi connectivity index (χ0) is 13.0. The summed E-state index contributed by atoms with van der Waals surface area (Å²) < 4.78 is 26.0. The van der Waals surface area contributed by atoms with Gasteiger partial charge in [-0.05, 0) is 18.2 Å². The highest BCUT2D eigenvalue weighted by Gasteiger charge is 2.08. The molecule has 92 valence electrons. The van der Waals surface area contributed by atoms with Crippen molar-refractivity contribution in [1.29, 1.82) is 0 Å². The van der Waals surface area contributed by atoms with E-state index < -0.39 is 17.5 Å². The van der Waals surface area contributed by atoms with Crippen molar-refractivity contribution in [1.82, 2.24) is 10.3 Å². The second-order valence-corrected chi connectivity index (χ2v) is 3.63. The Balaban J connectivity index is 2.02. The molecule has 0 bridgehead atoms. The fourth-order valence-electron chi connectivity index (χ4n) is 1.43. The molecule has 1 N–H and O–H groups in total. The van der Waals surface area contributed by atoms with Crippen LogP contribution < -0.4 is 5.32 Å². The van der Waals surface area contributed by atoms with Crippen LogP contribution >= 0.6 is 0 Å². The number of halogens is 2.